The predicted molar refractivity (Wildman–Crippen MR) is 183 cm³/mol. The lowest BCUT2D eigenvalue weighted by Crippen LogP contribution is -2.03. The third-order valence-electron chi connectivity index (χ3n) is 7.60. The molecule has 0 unspecified atom stereocenters. The Kier molecular flexibility index (Phi) is 39.9. The van der Waals surface area contributed by atoms with Gasteiger partial charge in [0.25, 0.3) is 0 Å². The molecule has 0 amide bonds. The van der Waals surface area contributed by atoms with Crippen molar-refractivity contribution in [3.05, 3.63) is 24.3 Å². The summed E-state index contributed by atoms with van der Waals surface area (Å²) in [6.07, 6.45) is 43.3. The Hall–Kier alpha value is -1.58. The standard InChI is InChI=1S/C20H38O2.C18H34O2/c1-3-5-6-7-8-9-10-11-12-13-14-15-16-17-18-19-20(21)22-4-2;1-2-3-4-5-6-7-8-9-10-11-12-13-14-15-16-17-18(19)20/h11-12H,3-10,13-19H2,1-2H3;9-10H,2-8,11-17H2,1H3,(H,19,20)/b12-11-;10-9+. The SMILES string of the molecule is CCCCCCCC/C=C/CCCCCCCC(=O)O.CCCCCCCC/C=C\CCCCCCCC(=O)OCC. The monoisotopic (exact) mass is 593 g/mol. The van der Waals surface area contributed by atoms with Gasteiger partial charge in [0, 0.05) is 12.8 Å². The molecule has 0 aromatic rings. The first-order chi connectivity index (χ1) is 20.6. The molecule has 248 valence electrons. The van der Waals surface area contributed by atoms with Crippen LogP contribution in [0.2, 0.25) is 0 Å². The number of ether oxygens (including phenoxy) is 1. The van der Waals surface area contributed by atoms with Crippen LogP contribution in [0.4, 0.5) is 0 Å². The number of carboxylic acids is 1. The van der Waals surface area contributed by atoms with E-state index in [0.717, 1.165) is 25.7 Å². The summed E-state index contributed by atoms with van der Waals surface area (Å²) in [5.41, 5.74) is 0. The maximum atomic E-state index is 11.1. The first-order valence-corrected chi connectivity index (χ1v) is 18.3. The van der Waals surface area contributed by atoms with Crippen molar-refractivity contribution in [1.29, 1.82) is 0 Å². The molecule has 0 aromatic heterocycles. The lowest BCUT2D eigenvalue weighted by molar-refractivity contribution is -0.143. The summed E-state index contributed by atoms with van der Waals surface area (Å²) in [5.74, 6) is -0.706. The molecule has 42 heavy (non-hydrogen) atoms. The van der Waals surface area contributed by atoms with E-state index >= 15 is 0 Å². The highest BCUT2D eigenvalue weighted by molar-refractivity contribution is 5.69. The molecule has 0 saturated heterocycles. The molecular weight excluding hydrogens is 520 g/mol. The minimum absolute atomic E-state index is 0.0415. The largest absolute Gasteiger partial charge is 0.481 e. The average Bonchev–Trinajstić information content (AvgIpc) is 2.97. The topological polar surface area (TPSA) is 63.6 Å². The number of rotatable bonds is 31. The summed E-state index contributed by atoms with van der Waals surface area (Å²) in [6.45, 7) is 6.89. The van der Waals surface area contributed by atoms with Crippen LogP contribution in [0.25, 0.3) is 0 Å². The summed E-state index contributed by atoms with van der Waals surface area (Å²) >= 11 is 0. The lowest BCUT2D eigenvalue weighted by atomic mass is 10.1. The molecule has 0 bridgehead atoms. The lowest BCUT2D eigenvalue weighted by Gasteiger charge is -2.01. The van der Waals surface area contributed by atoms with Crippen LogP contribution in [0.5, 0.6) is 0 Å². The van der Waals surface area contributed by atoms with Crippen molar-refractivity contribution in [3.8, 4) is 0 Å². The fraction of sp³-hybridized carbons (Fsp3) is 0.842. The van der Waals surface area contributed by atoms with Crippen molar-refractivity contribution >= 4 is 11.9 Å². The second-order valence-electron chi connectivity index (χ2n) is 11.9. The number of unbranched alkanes of at least 4 members (excludes halogenated alkanes) is 22. The highest BCUT2D eigenvalue weighted by Gasteiger charge is 2.00. The van der Waals surface area contributed by atoms with Crippen molar-refractivity contribution in [3.63, 3.8) is 0 Å². The zero-order valence-electron chi connectivity index (χ0n) is 28.5. The minimum Gasteiger partial charge on any atom is -0.481 e. The molecule has 0 radical (unpaired) electrons. The van der Waals surface area contributed by atoms with Gasteiger partial charge in [0.15, 0.2) is 0 Å². The van der Waals surface area contributed by atoms with Crippen molar-refractivity contribution in [2.45, 2.75) is 201 Å². The van der Waals surface area contributed by atoms with Gasteiger partial charge < -0.3 is 9.84 Å². The number of carboxylic acid groups (broad SMARTS) is 1. The van der Waals surface area contributed by atoms with E-state index in [4.69, 9.17) is 9.84 Å². The molecule has 0 aliphatic heterocycles. The van der Waals surface area contributed by atoms with Crippen LogP contribution in [0.15, 0.2) is 24.3 Å². The average molecular weight is 593 g/mol. The Labute approximate surface area is 262 Å². The third kappa shape index (κ3) is 42.9. The second kappa shape index (κ2) is 39.4. The van der Waals surface area contributed by atoms with Gasteiger partial charge in [-0.15, -0.1) is 0 Å². The molecule has 0 saturated carbocycles. The molecular formula is C38H72O4. The van der Waals surface area contributed by atoms with Crippen LogP contribution in [-0.2, 0) is 14.3 Å². The van der Waals surface area contributed by atoms with Crippen molar-refractivity contribution in [1.82, 2.24) is 0 Å². The molecule has 0 spiro atoms. The van der Waals surface area contributed by atoms with Crippen LogP contribution < -0.4 is 0 Å². The highest BCUT2D eigenvalue weighted by Crippen LogP contribution is 2.11. The van der Waals surface area contributed by atoms with E-state index in [0.29, 0.717) is 19.4 Å². The van der Waals surface area contributed by atoms with Crippen LogP contribution in [0.1, 0.15) is 201 Å². The summed E-state index contributed by atoms with van der Waals surface area (Å²) in [5, 5.41) is 8.51. The quantitative estimate of drug-likeness (QED) is 0.0494. The molecule has 0 fully saturated rings. The fourth-order valence-electron chi connectivity index (χ4n) is 4.92. The smallest absolute Gasteiger partial charge is 0.305 e. The van der Waals surface area contributed by atoms with Crippen molar-refractivity contribution < 1.29 is 19.4 Å². The zero-order chi connectivity index (χ0) is 31.2. The van der Waals surface area contributed by atoms with Gasteiger partial charge in [-0.3, -0.25) is 9.59 Å². The second-order valence-corrected chi connectivity index (χ2v) is 11.9. The molecule has 0 atom stereocenters. The molecule has 0 heterocycles. The van der Waals surface area contributed by atoms with E-state index in [-0.39, 0.29) is 5.97 Å². The van der Waals surface area contributed by atoms with Gasteiger partial charge in [0.1, 0.15) is 0 Å². The van der Waals surface area contributed by atoms with Crippen molar-refractivity contribution in [2.75, 3.05) is 6.61 Å². The number of esters is 1. The molecule has 0 aliphatic rings. The number of aliphatic carboxylic acids is 1. The van der Waals surface area contributed by atoms with E-state index in [9.17, 15) is 9.59 Å². The van der Waals surface area contributed by atoms with Crippen LogP contribution in [0.3, 0.4) is 0 Å². The maximum absolute atomic E-state index is 11.1. The third-order valence-corrected chi connectivity index (χ3v) is 7.60. The number of hydrogen-bond donors (Lipinski definition) is 1. The van der Waals surface area contributed by atoms with Gasteiger partial charge in [-0.2, -0.15) is 0 Å². The van der Waals surface area contributed by atoms with Gasteiger partial charge in [0.2, 0.25) is 0 Å². The number of hydrogen-bond acceptors (Lipinski definition) is 3. The molecule has 0 rings (SSSR count). The Bertz CT molecular complexity index is 596. The van der Waals surface area contributed by atoms with Gasteiger partial charge in [-0.1, -0.05) is 141 Å². The van der Waals surface area contributed by atoms with Gasteiger partial charge in [-0.25, -0.2) is 0 Å². The van der Waals surface area contributed by atoms with Crippen LogP contribution in [-0.4, -0.2) is 23.7 Å². The summed E-state index contributed by atoms with van der Waals surface area (Å²) in [4.78, 5) is 21.5. The van der Waals surface area contributed by atoms with Gasteiger partial charge in [0.05, 0.1) is 6.61 Å². The Morgan fingerprint density at radius 3 is 1.10 bits per heavy atom. The van der Waals surface area contributed by atoms with Gasteiger partial charge in [-0.05, 0) is 71.1 Å². The first kappa shape index (κ1) is 42.6. The highest BCUT2D eigenvalue weighted by atomic mass is 16.5. The maximum Gasteiger partial charge on any atom is 0.305 e. The Balaban J connectivity index is 0. The number of carbonyl (C=O) groups is 2. The zero-order valence-corrected chi connectivity index (χ0v) is 28.5. The molecule has 1 N–H and O–H groups in total. The molecule has 0 aliphatic carbocycles. The molecule has 0 aromatic carbocycles. The first-order valence-electron chi connectivity index (χ1n) is 18.3. The van der Waals surface area contributed by atoms with Crippen molar-refractivity contribution in [2.24, 2.45) is 0 Å². The number of allylic oxidation sites excluding steroid dienone is 4. The van der Waals surface area contributed by atoms with E-state index in [1.807, 2.05) is 6.92 Å². The summed E-state index contributed by atoms with van der Waals surface area (Å²) < 4.78 is 4.91. The molecule has 4 heteroatoms. The fourth-order valence-corrected chi connectivity index (χ4v) is 4.92. The van der Waals surface area contributed by atoms with Crippen LogP contribution in [0, 0.1) is 0 Å². The van der Waals surface area contributed by atoms with E-state index in [1.165, 1.54) is 141 Å². The van der Waals surface area contributed by atoms with E-state index in [1.54, 1.807) is 0 Å². The Morgan fingerprint density at radius 1 is 0.452 bits per heavy atom. The summed E-state index contributed by atoms with van der Waals surface area (Å²) in [6, 6.07) is 0. The van der Waals surface area contributed by atoms with E-state index in [2.05, 4.69) is 38.2 Å². The minimum atomic E-state index is -0.664. The van der Waals surface area contributed by atoms with Gasteiger partial charge >= 0.3 is 11.9 Å². The number of carbonyl (C=O) groups excluding carboxylic acids is 1. The van der Waals surface area contributed by atoms with E-state index < -0.39 is 5.97 Å². The Morgan fingerprint density at radius 2 is 0.762 bits per heavy atom. The van der Waals surface area contributed by atoms with Crippen LogP contribution >= 0.6 is 0 Å². The molecule has 4 nitrogen and oxygen atoms in total. The summed E-state index contributed by atoms with van der Waals surface area (Å²) in [7, 11) is 0. The predicted octanol–water partition coefficient (Wildman–Crippen LogP) is 12.7. The normalized spacial score (nSPS) is 11.2.